The van der Waals surface area contributed by atoms with E-state index >= 15 is 0 Å². The van der Waals surface area contributed by atoms with Gasteiger partial charge < -0.3 is 10.1 Å². The second-order valence-corrected chi connectivity index (χ2v) is 4.10. The lowest BCUT2D eigenvalue weighted by Crippen LogP contribution is -2.20. The first-order valence-corrected chi connectivity index (χ1v) is 5.52. The molecule has 0 spiro atoms. The Morgan fingerprint density at radius 2 is 2.22 bits per heavy atom. The van der Waals surface area contributed by atoms with Crippen molar-refractivity contribution in [1.82, 2.24) is 0 Å². The second kappa shape index (κ2) is 6.00. The average molecular weight is 252 g/mol. The minimum Gasteiger partial charge on any atom is -0.469 e. The molecular weight excluding hydrogens is 236 g/mol. The number of nitrogens with zero attached hydrogens (tertiary/aromatic N) is 1. The minimum atomic E-state index is -0.452. The van der Waals surface area contributed by atoms with Gasteiger partial charge in [0.2, 0.25) is 0 Å². The molecule has 0 aliphatic heterocycles. The van der Waals surface area contributed by atoms with E-state index in [4.69, 9.17) is 0 Å². The van der Waals surface area contributed by atoms with Gasteiger partial charge in [-0.2, -0.15) is 0 Å². The third-order valence-corrected chi connectivity index (χ3v) is 2.45. The highest BCUT2D eigenvalue weighted by Gasteiger charge is 2.16. The summed E-state index contributed by atoms with van der Waals surface area (Å²) < 4.78 is 4.55. The first-order valence-electron chi connectivity index (χ1n) is 5.52. The Labute approximate surface area is 105 Å². The van der Waals surface area contributed by atoms with Crippen LogP contribution < -0.4 is 5.32 Å². The molecule has 18 heavy (non-hydrogen) atoms. The number of carbonyl (C=O) groups is 1. The van der Waals surface area contributed by atoms with E-state index in [9.17, 15) is 14.9 Å². The van der Waals surface area contributed by atoms with E-state index in [1.807, 2.05) is 6.92 Å². The molecule has 1 rings (SSSR count). The third kappa shape index (κ3) is 3.73. The molecule has 1 aromatic carbocycles. The van der Waals surface area contributed by atoms with Crippen LogP contribution in [0.25, 0.3) is 0 Å². The molecule has 0 saturated heterocycles. The number of benzene rings is 1. The molecule has 0 aliphatic carbocycles. The topological polar surface area (TPSA) is 81.5 Å². The predicted octanol–water partition coefficient (Wildman–Crippen LogP) is 2.27. The Balaban J connectivity index is 2.85. The Morgan fingerprint density at radius 3 is 2.78 bits per heavy atom. The van der Waals surface area contributed by atoms with Crippen molar-refractivity contribution in [3.05, 3.63) is 33.9 Å². The molecule has 0 aliphatic rings. The number of hydrogen-bond acceptors (Lipinski definition) is 5. The summed E-state index contributed by atoms with van der Waals surface area (Å²) in [6.45, 7) is 3.61. The van der Waals surface area contributed by atoms with Gasteiger partial charge in [-0.1, -0.05) is 6.07 Å². The summed E-state index contributed by atoms with van der Waals surface area (Å²) >= 11 is 0. The average Bonchev–Trinajstić information content (AvgIpc) is 2.28. The summed E-state index contributed by atoms with van der Waals surface area (Å²) in [5, 5.41) is 13.8. The van der Waals surface area contributed by atoms with Crippen LogP contribution in [0.5, 0.6) is 0 Å². The Bertz CT molecular complexity index is 459. The van der Waals surface area contributed by atoms with Crippen molar-refractivity contribution in [2.75, 3.05) is 12.4 Å². The highest BCUT2D eigenvalue weighted by atomic mass is 16.6. The third-order valence-electron chi connectivity index (χ3n) is 2.45. The van der Waals surface area contributed by atoms with Gasteiger partial charge in [0.25, 0.3) is 5.69 Å². The Kier molecular flexibility index (Phi) is 4.65. The molecule has 0 amide bonds. The lowest BCUT2D eigenvalue weighted by atomic mass is 10.1. The Hall–Kier alpha value is -2.11. The highest BCUT2D eigenvalue weighted by Crippen LogP contribution is 2.26. The SMILES string of the molecule is COC(=O)CC(C)Nc1cc(C)ccc1[N+](=O)[O-]. The van der Waals surface area contributed by atoms with Gasteiger partial charge in [0.15, 0.2) is 0 Å². The van der Waals surface area contributed by atoms with Crippen molar-refractivity contribution in [2.45, 2.75) is 26.3 Å². The van der Waals surface area contributed by atoms with E-state index in [2.05, 4.69) is 10.1 Å². The van der Waals surface area contributed by atoms with Gasteiger partial charge in [0, 0.05) is 12.1 Å². The zero-order valence-electron chi connectivity index (χ0n) is 10.6. The monoisotopic (exact) mass is 252 g/mol. The molecular formula is C12H16N2O4. The zero-order chi connectivity index (χ0) is 13.7. The molecule has 0 bridgehead atoms. The highest BCUT2D eigenvalue weighted by molar-refractivity contribution is 5.71. The molecule has 6 heteroatoms. The number of nitro benzene ring substituents is 1. The smallest absolute Gasteiger partial charge is 0.307 e. The van der Waals surface area contributed by atoms with Crippen molar-refractivity contribution in [3.8, 4) is 0 Å². The number of hydrogen-bond donors (Lipinski definition) is 1. The number of anilines is 1. The number of esters is 1. The maximum absolute atomic E-state index is 11.1. The van der Waals surface area contributed by atoms with E-state index in [0.29, 0.717) is 5.69 Å². The van der Waals surface area contributed by atoms with Crippen molar-refractivity contribution < 1.29 is 14.5 Å². The molecule has 1 aromatic rings. The van der Waals surface area contributed by atoms with Gasteiger partial charge >= 0.3 is 5.97 Å². The Morgan fingerprint density at radius 1 is 1.56 bits per heavy atom. The second-order valence-electron chi connectivity index (χ2n) is 4.10. The van der Waals surface area contributed by atoms with Gasteiger partial charge in [-0.3, -0.25) is 14.9 Å². The summed E-state index contributed by atoms with van der Waals surface area (Å²) in [6, 6.07) is 4.57. The molecule has 0 radical (unpaired) electrons. The van der Waals surface area contributed by atoms with Crippen molar-refractivity contribution in [1.29, 1.82) is 0 Å². The maximum Gasteiger partial charge on any atom is 0.307 e. The summed E-state index contributed by atoms with van der Waals surface area (Å²) in [5.74, 6) is -0.356. The van der Waals surface area contributed by atoms with Gasteiger partial charge in [-0.15, -0.1) is 0 Å². The van der Waals surface area contributed by atoms with E-state index < -0.39 is 4.92 Å². The number of methoxy groups -OCH3 is 1. The number of nitro groups is 1. The van der Waals surface area contributed by atoms with Crippen molar-refractivity contribution in [2.24, 2.45) is 0 Å². The molecule has 0 heterocycles. The van der Waals surface area contributed by atoms with Crippen molar-refractivity contribution >= 4 is 17.3 Å². The van der Waals surface area contributed by atoms with Crippen LogP contribution in [0.4, 0.5) is 11.4 Å². The molecule has 0 saturated carbocycles. The quantitative estimate of drug-likeness (QED) is 0.494. The number of carbonyl (C=O) groups excluding carboxylic acids is 1. The molecule has 0 aromatic heterocycles. The van der Waals surface area contributed by atoms with Crippen LogP contribution in [0, 0.1) is 17.0 Å². The number of aryl methyl sites for hydroxylation is 1. The van der Waals surface area contributed by atoms with Crippen LogP contribution in [0.2, 0.25) is 0 Å². The van der Waals surface area contributed by atoms with E-state index in [1.165, 1.54) is 13.2 Å². The van der Waals surface area contributed by atoms with E-state index in [-0.39, 0.29) is 24.1 Å². The van der Waals surface area contributed by atoms with Gasteiger partial charge in [0.1, 0.15) is 5.69 Å². The molecule has 98 valence electrons. The van der Waals surface area contributed by atoms with Crippen LogP contribution in [-0.2, 0) is 9.53 Å². The standard InChI is InChI=1S/C12H16N2O4/c1-8-4-5-11(14(16)17)10(6-8)13-9(2)7-12(15)18-3/h4-6,9,13H,7H2,1-3H3. The minimum absolute atomic E-state index is 0.00249. The number of rotatable bonds is 5. The fourth-order valence-electron chi connectivity index (χ4n) is 1.57. The van der Waals surface area contributed by atoms with Crippen LogP contribution in [0.1, 0.15) is 18.9 Å². The van der Waals surface area contributed by atoms with E-state index in [1.54, 1.807) is 19.1 Å². The van der Waals surface area contributed by atoms with Crippen LogP contribution >= 0.6 is 0 Å². The molecule has 1 atom stereocenters. The first kappa shape index (κ1) is 14.0. The number of ether oxygens (including phenoxy) is 1. The normalized spacial score (nSPS) is 11.7. The lowest BCUT2D eigenvalue weighted by Gasteiger charge is -2.14. The van der Waals surface area contributed by atoms with Gasteiger partial charge in [-0.25, -0.2) is 0 Å². The molecule has 0 fully saturated rings. The summed E-state index contributed by atoms with van der Waals surface area (Å²) in [5.41, 5.74) is 1.32. The van der Waals surface area contributed by atoms with Crippen molar-refractivity contribution in [3.63, 3.8) is 0 Å². The van der Waals surface area contributed by atoms with Crippen LogP contribution in [0.15, 0.2) is 18.2 Å². The molecule has 1 N–H and O–H groups in total. The van der Waals surface area contributed by atoms with E-state index in [0.717, 1.165) is 5.56 Å². The summed E-state index contributed by atoms with van der Waals surface area (Å²) in [7, 11) is 1.31. The van der Waals surface area contributed by atoms with Crippen LogP contribution in [0.3, 0.4) is 0 Å². The van der Waals surface area contributed by atoms with Gasteiger partial charge in [0.05, 0.1) is 18.5 Å². The fraction of sp³-hybridized carbons (Fsp3) is 0.417. The number of nitrogens with one attached hydrogen (secondary N) is 1. The fourth-order valence-corrected chi connectivity index (χ4v) is 1.57. The van der Waals surface area contributed by atoms with Crippen LogP contribution in [-0.4, -0.2) is 24.0 Å². The summed E-state index contributed by atoms with van der Waals surface area (Å²) in [6.07, 6.45) is 0.154. The zero-order valence-corrected chi connectivity index (χ0v) is 10.6. The van der Waals surface area contributed by atoms with Gasteiger partial charge in [-0.05, 0) is 25.5 Å². The largest absolute Gasteiger partial charge is 0.469 e. The summed E-state index contributed by atoms with van der Waals surface area (Å²) in [4.78, 5) is 21.5. The first-order chi connectivity index (χ1) is 8.43. The lowest BCUT2D eigenvalue weighted by molar-refractivity contribution is -0.384. The predicted molar refractivity (Wildman–Crippen MR) is 67.6 cm³/mol. The molecule has 1 unspecified atom stereocenters. The molecule has 6 nitrogen and oxygen atoms in total. The maximum atomic E-state index is 11.1.